The van der Waals surface area contributed by atoms with Crippen molar-refractivity contribution in [3.8, 4) is 5.88 Å². The van der Waals surface area contributed by atoms with Gasteiger partial charge in [0.15, 0.2) is 5.69 Å². The van der Waals surface area contributed by atoms with Crippen molar-refractivity contribution < 1.29 is 19.4 Å². The van der Waals surface area contributed by atoms with Crippen LogP contribution in [-0.4, -0.2) is 43.8 Å². The summed E-state index contributed by atoms with van der Waals surface area (Å²) in [6.07, 6.45) is 5.14. The zero-order valence-corrected chi connectivity index (χ0v) is 13.4. The third kappa shape index (κ3) is 2.10. The van der Waals surface area contributed by atoms with Crippen molar-refractivity contribution in [1.29, 1.82) is 0 Å². The van der Waals surface area contributed by atoms with E-state index >= 15 is 0 Å². The average molecular weight is 317 g/mol. The van der Waals surface area contributed by atoms with Gasteiger partial charge in [-0.25, -0.2) is 14.8 Å². The molecule has 7 nitrogen and oxygen atoms in total. The summed E-state index contributed by atoms with van der Waals surface area (Å²) < 4.78 is 13.2. The van der Waals surface area contributed by atoms with E-state index in [1.54, 1.807) is 4.40 Å². The Balaban J connectivity index is 1.82. The lowest BCUT2D eigenvalue weighted by Crippen LogP contribution is -2.45. The molecular weight excluding hydrogens is 298 g/mol. The van der Waals surface area contributed by atoms with E-state index in [9.17, 15) is 9.90 Å². The van der Waals surface area contributed by atoms with E-state index in [4.69, 9.17) is 14.5 Å². The number of hydrogen-bond acceptors (Lipinski definition) is 5. The summed E-state index contributed by atoms with van der Waals surface area (Å²) >= 11 is 0. The van der Waals surface area contributed by atoms with E-state index in [1.807, 2.05) is 20.0 Å². The van der Waals surface area contributed by atoms with Crippen molar-refractivity contribution in [3.05, 3.63) is 23.8 Å². The number of ether oxygens (including phenoxy) is 2. The van der Waals surface area contributed by atoms with Crippen molar-refractivity contribution in [2.24, 2.45) is 0 Å². The molecule has 7 heteroatoms. The quantitative estimate of drug-likeness (QED) is 0.928. The van der Waals surface area contributed by atoms with Crippen molar-refractivity contribution in [3.63, 3.8) is 0 Å². The van der Waals surface area contributed by atoms with Crippen LogP contribution in [-0.2, 0) is 10.2 Å². The van der Waals surface area contributed by atoms with Gasteiger partial charge in [-0.2, -0.15) is 0 Å². The highest BCUT2D eigenvalue weighted by Crippen LogP contribution is 2.58. The molecule has 2 aromatic heterocycles. The molecule has 2 aromatic rings. The van der Waals surface area contributed by atoms with Crippen LogP contribution in [0.1, 0.15) is 49.8 Å². The Morgan fingerprint density at radius 3 is 2.70 bits per heavy atom. The summed E-state index contributed by atoms with van der Waals surface area (Å²) in [6.45, 7) is 6.52. The third-order valence-corrected chi connectivity index (χ3v) is 4.64. The number of imidazole rings is 1. The van der Waals surface area contributed by atoms with Gasteiger partial charge in [-0.15, -0.1) is 0 Å². The molecule has 0 spiro atoms. The molecule has 5 rings (SSSR count). The zero-order valence-electron chi connectivity index (χ0n) is 13.4. The molecule has 0 radical (unpaired) electrons. The fraction of sp³-hybridized carbons (Fsp3) is 0.562. The summed E-state index contributed by atoms with van der Waals surface area (Å²) in [5, 5.41) is 9.24. The average Bonchev–Trinajstić information content (AvgIpc) is 3.07. The smallest absolute Gasteiger partial charge is 0.356 e. The first-order valence-corrected chi connectivity index (χ1v) is 7.74. The molecule has 122 valence electrons. The molecule has 1 aliphatic carbocycles. The standard InChI is InChI=1S/C16H19N3O4/c1-9(2)23-13-12-18-11(16-6-15(3,7-16)22-8-16)5-19(12)4-10(17-13)14(20)21/h4-5,9H,6-8H2,1-3H3,(H,20,21). The van der Waals surface area contributed by atoms with E-state index in [1.165, 1.54) is 6.20 Å². The molecule has 0 atom stereocenters. The molecular formula is C16H19N3O4. The SMILES string of the molecule is CC(C)Oc1nc(C(=O)O)cn2cc(C34COC(C)(C3)C4)nc12. The van der Waals surface area contributed by atoms with Crippen LogP contribution in [0.5, 0.6) is 5.88 Å². The number of carboxylic acid groups (broad SMARTS) is 1. The van der Waals surface area contributed by atoms with Crippen molar-refractivity contribution in [2.75, 3.05) is 6.61 Å². The lowest BCUT2D eigenvalue weighted by Gasteiger charge is -2.41. The van der Waals surface area contributed by atoms with Crippen LogP contribution in [0.4, 0.5) is 0 Å². The molecule has 0 amide bonds. The predicted molar refractivity (Wildman–Crippen MR) is 81.0 cm³/mol. The Hall–Kier alpha value is -2.15. The van der Waals surface area contributed by atoms with Crippen LogP contribution in [0.3, 0.4) is 0 Å². The molecule has 4 heterocycles. The first-order valence-electron chi connectivity index (χ1n) is 7.74. The molecule has 2 aliphatic heterocycles. The maximum absolute atomic E-state index is 11.3. The van der Waals surface area contributed by atoms with Gasteiger partial charge in [0.2, 0.25) is 5.65 Å². The van der Waals surface area contributed by atoms with E-state index in [0.717, 1.165) is 18.5 Å². The highest BCUT2D eigenvalue weighted by molar-refractivity contribution is 5.85. The molecule has 2 bridgehead atoms. The van der Waals surface area contributed by atoms with Crippen LogP contribution in [0.2, 0.25) is 0 Å². The summed E-state index contributed by atoms with van der Waals surface area (Å²) in [6, 6.07) is 0. The minimum atomic E-state index is -1.09. The Morgan fingerprint density at radius 2 is 2.13 bits per heavy atom. The van der Waals surface area contributed by atoms with Crippen LogP contribution in [0, 0.1) is 0 Å². The van der Waals surface area contributed by atoms with E-state index < -0.39 is 5.97 Å². The minimum absolute atomic E-state index is 0.0302. The number of fused-ring (bicyclic) bond motifs is 2. The number of nitrogens with zero attached hydrogens (tertiary/aromatic N) is 3. The first kappa shape index (κ1) is 14.4. The fourth-order valence-corrected chi connectivity index (χ4v) is 3.78. The van der Waals surface area contributed by atoms with Crippen LogP contribution in [0.15, 0.2) is 12.4 Å². The lowest BCUT2D eigenvalue weighted by atomic mass is 9.62. The van der Waals surface area contributed by atoms with E-state index in [-0.39, 0.29) is 28.7 Å². The van der Waals surface area contributed by atoms with Gasteiger partial charge in [0.05, 0.1) is 24.0 Å². The number of rotatable bonds is 4. The number of aromatic carboxylic acids is 1. The number of aromatic nitrogens is 3. The molecule has 3 aliphatic rings. The Labute approximate surface area is 133 Å². The van der Waals surface area contributed by atoms with Gasteiger partial charge in [-0.1, -0.05) is 0 Å². The van der Waals surface area contributed by atoms with Crippen LogP contribution in [0.25, 0.3) is 5.65 Å². The first-order chi connectivity index (χ1) is 10.8. The molecule has 0 unspecified atom stereocenters. The predicted octanol–water partition coefficient (Wildman–Crippen LogP) is 2.04. The Bertz CT molecular complexity index is 805. The van der Waals surface area contributed by atoms with Crippen molar-refractivity contribution in [1.82, 2.24) is 14.4 Å². The topological polar surface area (TPSA) is 86.0 Å². The Morgan fingerprint density at radius 1 is 1.39 bits per heavy atom. The monoisotopic (exact) mass is 317 g/mol. The maximum Gasteiger partial charge on any atom is 0.356 e. The molecule has 1 saturated carbocycles. The second-order valence-electron chi connectivity index (χ2n) is 7.13. The molecule has 0 aromatic carbocycles. The minimum Gasteiger partial charge on any atom is -0.476 e. The highest BCUT2D eigenvalue weighted by Gasteiger charge is 2.61. The third-order valence-electron chi connectivity index (χ3n) is 4.64. The summed E-state index contributed by atoms with van der Waals surface area (Å²) in [5.74, 6) is -0.835. The van der Waals surface area contributed by atoms with Crippen LogP contribution >= 0.6 is 0 Å². The lowest BCUT2D eigenvalue weighted by molar-refractivity contribution is 0.0154. The van der Waals surface area contributed by atoms with Gasteiger partial charge in [-0.05, 0) is 33.6 Å². The second kappa shape index (κ2) is 4.44. The van der Waals surface area contributed by atoms with Gasteiger partial charge in [0.25, 0.3) is 5.88 Å². The zero-order chi connectivity index (χ0) is 16.4. The number of hydrogen-bond donors (Lipinski definition) is 1. The molecule has 3 fully saturated rings. The van der Waals surface area contributed by atoms with E-state index in [0.29, 0.717) is 12.3 Å². The molecule has 23 heavy (non-hydrogen) atoms. The van der Waals surface area contributed by atoms with Crippen LogP contribution < -0.4 is 4.74 Å². The fourth-order valence-electron chi connectivity index (χ4n) is 3.78. The van der Waals surface area contributed by atoms with Gasteiger partial charge in [-0.3, -0.25) is 4.40 Å². The summed E-state index contributed by atoms with van der Waals surface area (Å²) in [4.78, 5) is 20.1. The molecule has 1 N–H and O–H groups in total. The van der Waals surface area contributed by atoms with E-state index in [2.05, 4.69) is 11.9 Å². The highest BCUT2D eigenvalue weighted by atomic mass is 16.5. The number of carbonyl (C=O) groups is 1. The molecule has 2 saturated heterocycles. The van der Waals surface area contributed by atoms with Gasteiger partial charge in [0.1, 0.15) is 0 Å². The Kier molecular flexibility index (Phi) is 2.79. The largest absolute Gasteiger partial charge is 0.476 e. The summed E-state index contributed by atoms with van der Waals surface area (Å²) in [5.41, 5.74) is 1.33. The van der Waals surface area contributed by atoms with Gasteiger partial charge >= 0.3 is 5.97 Å². The van der Waals surface area contributed by atoms with Crippen molar-refractivity contribution in [2.45, 2.75) is 50.7 Å². The van der Waals surface area contributed by atoms with Gasteiger partial charge < -0.3 is 14.6 Å². The summed E-state index contributed by atoms with van der Waals surface area (Å²) in [7, 11) is 0. The normalized spacial score (nSPS) is 29.0. The maximum atomic E-state index is 11.3. The van der Waals surface area contributed by atoms with Crippen molar-refractivity contribution >= 4 is 11.6 Å². The number of carboxylic acids is 1. The second-order valence-corrected chi connectivity index (χ2v) is 7.13. The van der Waals surface area contributed by atoms with Gasteiger partial charge in [0, 0.05) is 17.8 Å².